The minimum atomic E-state index is 0. The third-order valence-corrected chi connectivity index (χ3v) is 4.85. The van der Waals surface area contributed by atoms with E-state index in [4.69, 9.17) is 9.73 Å². The lowest BCUT2D eigenvalue weighted by molar-refractivity contribution is 0.0373. The smallest absolute Gasteiger partial charge is 0.194 e. The number of unbranched alkanes of at least 4 members (excludes halogenated alkanes) is 1. The van der Waals surface area contributed by atoms with E-state index in [-0.39, 0.29) is 24.0 Å². The molecule has 0 radical (unpaired) electrons. The zero-order valence-electron chi connectivity index (χ0n) is 16.2. The van der Waals surface area contributed by atoms with Gasteiger partial charge in [-0.15, -0.1) is 24.0 Å². The Hall–Kier alpha value is -0.320. The molecule has 0 bridgehead atoms. The van der Waals surface area contributed by atoms with Crippen LogP contribution in [0.3, 0.4) is 0 Å². The van der Waals surface area contributed by atoms with Crippen LogP contribution in [0.4, 0.5) is 0 Å². The van der Waals surface area contributed by atoms with Gasteiger partial charge in [0, 0.05) is 56.6 Å². The molecule has 1 N–H and O–H groups in total. The maximum absolute atomic E-state index is 5.39. The summed E-state index contributed by atoms with van der Waals surface area (Å²) < 4.78 is 8.65. The fraction of sp³-hybridized carbons (Fsp3) is 0.722. The Morgan fingerprint density at radius 2 is 2.08 bits per heavy atom. The molecule has 2 rings (SSSR count). The molecule has 2 heterocycles. The van der Waals surface area contributed by atoms with Gasteiger partial charge >= 0.3 is 0 Å². The number of aliphatic imine (C=N–C) groups is 1. The largest absolute Gasteiger partial charge is 0.379 e. The van der Waals surface area contributed by atoms with E-state index < -0.39 is 0 Å². The molecule has 0 atom stereocenters. The van der Waals surface area contributed by atoms with Crippen LogP contribution in [-0.2, 0) is 18.3 Å². The lowest BCUT2D eigenvalue weighted by atomic mass is 10.3. The van der Waals surface area contributed by atoms with Crippen molar-refractivity contribution in [3.05, 3.63) is 22.4 Å². The van der Waals surface area contributed by atoms with Crippen molar-refractivity contribution in [2.75, 3.05) is 53.0 Å². The average molecular weight is 542 g/mol. The number of halogens is 2. The zero-order valence-corrected chi connectivity index (χ0v) is 20.1. The fourth-order valence-electron chi connectivity index (χ4n) is 2.97. The number of aromatic nitrogens is 1. The second-order valence-corrected chi connectivity index (χ2v) is 7.43. The summed E-state index contributed by atoms with van der Waals surface area (Å²) in [6, 6.07) is 2.16. The molecule has 1 fully saturated rings. The summed E-state index contributed by atoms with van der Waals surface area (Å²) in [6.45, 7) is 9.75. The van der Waals surface area contributed by atoms with Crippen LogP contribution in [0.5, 0.6) is 0 Å². The molecule has 1 aliphatic heterocycles. The minimum absolute atomic E-state index is 0. The highest BCUT2D eigenvalue weighted by atomic mass is 127. The fourth-order valence-corrected chi connectivity index (χ4v) is 3.54. The molecule has 1 saturated heterocycles. The van der Waals surface area contributed by atoms with Crippen LogP contribution in [0.1, 0.15) is 25.5 Å². The van der Waals surface area contributed by atoms with Crippen LogP contribution in [0, 0.1) is 0 Å². The highest BCUT2D eigenvalue weighted by Gasteiger charge is 2.11. The number of ether oxygens (including phenoxy) is 1. The molecule has 1 aliphatic rings. The molecule has 1 aromatic rings. The van der Waals surface area contributed by atoms with Crippen molar-refractivity contribution in [3.8, 4) is 0 Å². The Morgan fingerprint density at radius 1 is 1.35 bits per heavy atom. The first-order valence-electron chi connectivity index (χ1n) is 9.20. The van der Waals surface area contributed by atoms with Gasteiger partial charge in [-0.2, -0.15) is 0 Å². The second kappa shape index (κ2) is 13.0. The highest BCUT2D eigenvalue weighted by molar-refractivity contribution is 14.0. The Kier molecular flexibility index (Phi) is 11.8. The van der Waals surface area contributed by atoms with Crippen molar-refractivity contribution in [1.29, 1.82) is 0 Å². The first kappa shape index (κ1) is 23.7. The first-order chi connectivity index (χ1) is 12.1. The van der Waals surface area contributed by atoms with Gasteiger partial charge < -0.3 is 19.5 Å². The van der Waals surface area contributed by atoms with Crippen molar-refractivity contribution in [2.24, 2.45) is 12.0 Å². The number of aryl methyl sites for hydroxylation is 1. The van der Waals surface area contributed by atoms with Gasteiger partial charge in [0.2, 0.25) is 0 Å². The van der Waals surface area contributed by atoms with E-state index in [1.165, 1.54) is 12.1 Å². The van der Waals surface area contributed by atoms with Crippen LogP contribution in [0.2, 0.25) is 0 Å². The summed E-state index contributed by atoms with van der Waals surface area (Å²) in [4.78, 5) is 9.47. The number of guanidine groups is 1. The van der Waals surface area contributed by atoms with Crippen LogP contribution >= 0.6 is 39.9 Å². The standard InChI is InChI=1S/C18H32BrN5O.HI/c1-4-20-18(23(3)15-17-13-16(19)14-22(17)2)21-7-5-6-8-24-9-11-25-12-10-24;/h13-14H,4-12,15H2,1-3H3,(H,20,21);1H. The van der Waals surface area contributed by atoms with Crippen molar-refractivity contribution in [3.63, 3.8) is 0 Å². The predicted octanol–water partition coefficient (Wildman–Crippen LogP) is 2.92. The minimum Gasteiger partial charge on any atom is -0.379 e. The highest BCUT2D eigenvalue weighted by Crippen LogP contribution is 2.15. The van der Waals surface area contributed by atoms with Gasteiger partial charge in [0.15, 0.2) is 5.96 Å². The van der Waals surface area contributed by atoms with E-state index >= 15 is 0 Å². The van der Waals surface area contributed by atoms with Crippen molar-refractivity contribution in [2.45, 2.75) is 26.3 Å². The topological polar surface area (TPSA) is 45.0 Å². The Balaban J connectivity index is 0.00000338. The lowest BCUT2D eigenvalue weighted by Crippen LogP contribution is -2.39. The van der Waals surface area contributed by atoms with Crippen LogP contribution < -0.4 is 5.32 Å². The maximum atomic E-state index is 5.39. The molecule has 0 unspecified atom stereocenters. The summed E-state index contributed by atoms with van der Waals surface area (Å²) in [5.74, 6) is 0.978. The van der Waals surface area contributed by atoms with E-state index in [2.05, 4.69) is 68.9 Å². The van der Waals surface area contributed by atoms with E-state index in [1.54, 1.807) is 0 Å². The number of hydrogen-bond donors (Lipinski definition) is 1. The van der Waals surface area contributed by atoms with Gasteiger partial charge in [0.25, 0.3) is 0 Å². The molecule has 150 valence electrons. The summed E-state index contributed by atoms with van der Waals surface area (Å²) in [6.07, 6.45) is 4.39. The quantitative estimate of drug-likeness (QED) is 0.238. The second-order valence-electron chi connectivity index (χ2n) is 6.51. The van der Waals surface area contributed by atoms with Gasteiger partial charge in [0.05, 0.1) is 19.8 Å². The molecular weight excluding hydrogens is 509 g/mol. The summed E-state index contributed by atoms with van der Waals surface area (Å²) in [7, 11) is 4.17. The van der Waals surface area contributed by atoms with Gasteiger partial charge in [-0.3, -0.25) is 9.89 Å². The van der Waals surface area contributed by atoms with Crippen LogP contribution in [0.15, 0.2) is 21.7 Å². The van der Waals surface area contributed by atoms with Crippen molar-refractivity contribution < 1.29 is 4.74 Å². The van der Waals surface area contributed by atoms with Crippen LogP contribution in [0.25, 0.3) is 0 Å². The monoisotopic (exact) mass is 541 g/mol. The van der Waals surface area contributed by atoms with E-state index in [9.17, 15) is 0 Å². The number of nitrogens with zero attached hydrogens (tertiary/aromatic N) is 4. The maximum Gasteiger partial charge on any atom is 0.194 e. The zero-order chi connectivity index (χ0) is 18.1. The summed E-state index contributed by atoms with van der Waals surface area (Å²) >= 11 is 3.54. The average Bonchev–Trinajstić information content (AvgIpc) is 2.91. The van der Waals surface area contributed by atoms with Gasteiger partial charge in [-0.05, 0) is 48.3 Å². The Morgan fingerprint density at radius 3 is 2.69 bits per heavy atom. The van der Waals surface area contributed by atoms with Crippen LogP contribution in [-0.4, -0.2) is 73.3 Å². The molecule has 0 amide bonds. The first-order valence-corrected chi connectivity index (χ1v) is 9.99. The molecule has 6 nitrogen and oxygen atoms in total. The molecular formula is C18H33BrIN5O. The number of nitrogens with one attached hydrogen (secondary N) is 1. The normalized spacial score (nSPS) is 15.6. The SMILES string of the molecule is CCNC(=NCCCCN1CCOCC1)N(C)Cc1cc(Br)cn1C.I. The molecule has 0 spiro atoms. The van der Waals surface area contributed by atoms with E-state index in [0.717, 1.165) is 69.3 Å². The third-order valence-electron chi connectivity index (χ3n) is 4.42. The van der Waals surface area contributed by atoms with E-state index in [0.29, 0.717) is 0 Å². The third kappa shape index (κ3) is 8.14. The predicted molar refractivity (Wildman–Crippen MR) is 122 cm³/mol. The number of morpholine rings is 1. The molecule has 0 saturated carbocycles. The van der Waals surface area contributed by atoms with Crippen molar-refractivity contribution in [1.82, 2.24) is 19.7 Å². The number of rotatable bonds is 8. The molecule has 0 aliphatic carbocycles. The van der Waals surface area contributed by atoms with E-state index in [1.807, 2.05) is 0 Å². The molecule has 1 aromatic heterocycles. The lowest BCUT2D eigenvalue weighted by Gasteiger charge is -2.26. The summed E-state index contributed by atoms with van der Waals surface area (Å²) in [5, 5.41) is 3.40. The molecule has 8 heteroatoms. The van der Waals surface area contributed by atoms with Gasteiger partial charge in [-0.1, -0.05) is 0 Å². The number of hydrogen-bond acceptors (Lipinski definition) is 3. The molecule has 26 heavy (non-hydrogen) atoms. The Bertz CT molecular complexity index is 546. The van der Waals surface area contributed by atoms with Gasteiger partial charge in [-0.25, -0.2) is 0 Å². The van der Waals surface area contributed by atoms with Gasteiger partial charge in [0.1, 0.15) is 0 Å². The van der Waals surface area contributed by atoms with Crippen molar-refractivity contribution >= 4 is 45.9 Å². The Labute approximate surface area is 183 Å². The summed E-state index contributed by atoms with van der Waals surface area (Å²) in [5.41, 5.74) is 1.26. The molecule has 0 aromatic carbocycles.